The number of aryl methyl sites for hydroxylation is 1. The van der Waals surface area contributed by atoms with Gasteiger partial charge in [0.1, 0.15) is 10.3 Å². The molecule has 0 bridgehead atoms. The minimum Gasteiger partial charge on any atom is -0.314 e. The second-order valence-corrected chi connectivity index (χ2v) is 3.10. The van der Waals surface area contributed by atoms with E-state index in [4.69, 9.17) is 12.2 Å². The maximum absolute atomic E-state index is 12.7. The lowest BCUT2D eigenvalue weighted by molar-refractivity contribution is 0.576. The van der Waals surface area contributed by atoms with Crippen LogP contribution in [-0.2, 0) is 0 Å². The number of rotatable bonds is 0. The summed E-state index contributed by atoms with van der Waals surface area (Å²) in [5.41, 5.74) is 1.49. The Morgan fingerprint density at radius 3 is 3.08 bits per heavy atom. The molecule has 0 saturated heterocycles. The first kappa shape index (κ1) is 8.25. The number of hydrogen-bond acceptors (Lipinski definition) is 3. The largest absolute Gasteiger partial charge is 0.314 e. The van der Waals surface area contributed by atoms with Crippen molar-refractivity contribution in [3.8, 4) is 11.5 Å². The maximum atomic E-state index is 12.7. The quantitative estimate of drug-likeness (QED) is 0.654. The molecule has 0 aromatic carbocycles. The standard InChI is InChI=1S/C8H6FN3S/c1-4-2-5-7(12-8(4)13)11-6(9)3-10-5/h2-3H,1H3,(H,11,12,13). The fourth-order valence-electron chi connectivity index (χ4n) is 1.04. The number of nitrogens with one attached hydrogen (secondary N) is 1. The van der Waals surface area contributed by atoms with Gasteiger partial charge in [0.25, 0.3) is 0 Å². The van der Waals surface area contributed by atoms with E-state index in [1.807, 2.05) is 6.92 Å². The zero-order chi connectivity index (χ0) is 9.42. The second kappa shape index (κ2) is 2.85. The average molecular weight is 195 g/mol. The summed E-state index contributed by atoms with van der Waals surface area (Å²) in [5, 5.41) is 0. The number of hydrogen-bond donors (Lipinski definition) is 1. The van der Waals surface area contributed by atoms with Crippen molar-refractivity contribution in [2.24, 2.45) is 0 Å². The van der Waals surface area contributed by atoms with E-state index in [1.165, 1.54) is 0 Å². The molecule has 2 aliphatic heterocycles. The molecule has 0 fully saturated rings. The van der Waals surface area contributed by atoms with Gasteiger partial charge in [-0.1, -0.05) is 12.2 Å². The van der Waals surface area contributed by atoms with E-state index in [1.54, 1.807) is 6.07 Å². The highest BCUT2D eigenvalue weighted by Gasteiger charge is 2.06. The molecule has 0 atom stereocenters. The Morgan fingerprint density at radius 1 is 1.54 bits per heavy atom. The van der Waals surface area contributed by atoms with Crippen LogP contribution >= 0.6 is 12.2 Å². The summed E-state index contributed by atoms with van der Waals surface area (Å²) in [6, 6.07) is 1.78. The smallest absolute Gasteiger partial charge is 0.211 e. The first-order valence-electron chi connectivity index (χ1n) is 3.69. The second-order valence-electron chi connectivity index (χ2n) is 2.71. The van der Waals surface area contributed by atoms with Crippen molar-refractivity contribution in [1.29, 1.82) is 0 Å². The van der Waals surface area contributed by atoms with E-state index in [0.29, 0.717) is 16.2 Å². The van der Waals surface area contributed by atoms with Crippen LogP contribution in [0.5, 0.6) is 0 Å². The van der Waals surface area contributed by atoms with E-state index in [-0.39, 0.29) is 0 Å². The van der Waals surface area contributed by atoms with Crippen LogP contribution in [0.2, 0.25) is 0 Å². The van der Waals surface area contributed by atoms with E-state index in [2.05, 4.69) is 15.0 Å². The average Bonchev–Trinajstić information content (AvgIpc) is 2.08. The Labute approximate surface area is 79.0 Å². The number of aromatic amines is 1. The van der Waals surface area contributed by atoms with Gasteiger partial charge in [-0.3, -0.25) is 0 Å². The first-order valence-corrected chi connectivity index (χ1v) is 4.10. The number of halogens is 1. The lowest BCUT2D eigenvalue weighted by Gasteiger charge is -2.03. The first-order chi connectivity index (χ1) is 6.16. The summed E-state index contributed by atoms with van der Waals surface area (Å²) in [5.74, 6) is -0.131. The van der Waals surface area contributed by atoms with Gasteiger partial charge < -0.3 is 4.98 Å². The number of aromatic nitrogens is 3. The van der Waals surface area contributed by atoms with Gasteiger partial charge in [0.2, 0.25) is 5.95 Å². The molecule has 2 heterocycles. The number of pyridine rings is 1. The Balaban J connectivity index is 2.83. The normalized spacial score (nSPS) is 10.6. The van der Waals surface area contributed by atoms with Crippen molar-refractivity contribution in [2.75, 3.05) is 0 Å². The lowest BCUT2D eigenvalue weighted by Crippen LogP contribution is -1.98. The van der Waals surface area contributed by atoms with Gasteiger partial charge in [-0.15, -0.1) is 0 Å². The van der Waals surface area contributed by atoms with Gasteiger partial charge in [0.15, 0.2) is 5.82 Å². The van der Waals surface area contributed by atoms with Crippen molar-refractivity contribution in [2.45, 2.75) is 6.92 Å². The van der Waals surface area contributed by atoms with Crippen LogP contribution in [0, 0.1) is 17.5 Å². The summed E-state index contributed by atoms with van der Waals surface area (Å²) in [4.78, 5) is 10.3. The van der Waals surface area contributed by atoms with Crippen LogP contribution in [0.15, 0.2) is 12.3 Å². The molecule has 13 heavy (non-hydrogen) atoms. The third-order valence-corrected chi connectivity index (χ3v) is 2.11. The van der Waals surface area contributed by atoms with Crippen molar-refractivity contribution in [3.05, 3.63) is 28.4 Å². The van der Waals surface area contributed by atoms with Crippen LogP contribution in [0.4, 0.5) is 4.39 Å². The molecule has 1 N–H and O–H groups in total. The Morgan fingerprint density at radius 2 is 2.31 bits per heavy atom. The highest BCUT2D eigenvalue weighted by Crippen LogP contribution is 2.15. The van der Waals surface area contributed by atoms with Gasteiger partial charge in [-0.05, 0) is 18.6 Å². The predicted octanol–water partition coefficient (Wildman–Crippen LogP) is 2.09. The summed E-state index contributed by atoms with van der Waals surface area (Å²) in [6.45, 7) is 1.85. The Kier molecular flexibility index (Phi) is 1.81. The molecular formula is C8H6FN3S. The molecule has 66 valence electrons. The van der Waals surface area contributed by atoms with E-state index >= 15 is 0 Å². The SMILES string of the molecule is Cc1cc2ncc(F)[nH]c-2nc1=S. The lowest BCUT2D eigenvalue weighted by atomic mass is 10.2. The molecular weight excluding hydrogens is 189 g/mol. The van der Waals surface area contributed by atoms with Gasteiger partial charge in [-0.25, -0.2) is 9.97 Å². The Bertz CT molecular complexity index is 480. The highest BCUT2D eigenvalue weighted by atomic mass is 32.1. The zero-order valence-electron chi connectivity index (χ0n) is 6.84. The Hall–Kier alpha value is -1.36. The molecule has 0 saturated carbocycles. The van der Waals surface area contributed by atoms with Crippen LogP contribution in [0.25, 0.3) is 11.5 Å². The fraction of sp³-hybridized carbons (Fsp3) is 0.125. The van der Waals surface area contributed by atoms with Crippen molar-refractivity contribution < 1.29 is 4.39 Å². The molecule has 0 aliphatic carbocycles. The zero-order valence-corrected chi connectivity index (χ0v) is 7.65. The minimum atomic E-state index is -0.516. The molecule has 0 amide bonds. The third-order valence-electron chi connectivity index (χ3n) is 1.70. The van der Waals surface area contributed by atoms with E-state index in [9.17, 15) is 4.39 Å². The molecule has 0 aromatic rings. The summed E-state index contributed by atoms with van der Waals surface area (Å²) in [7, 11) is 0. The number of fused-ring (bicyclic) bond motifs is 1. The molecule has 2 aliphatic rings. The molecule has 0 radical (unpaired) electrons. The van der Waals surface area contributed by atoms with Crippen LogP contribution in [0.3, 0.4) is 0 Å². The molecule has 0 unspecified atom stereocenters. The van der Waals surface area contributed by atoms with Crippen molar-refractivity contribution >= 4 is 12.2 Å². The molecule has 2 rings (SSSR count). The number of nitrogens with zero attached hydrogens (tertiary/aromatic N) is 2. The van der Waals surface area contributed by atoms with Gasteiger partial charge >= 0.3 is 0 Å². The van der Waals surface area contributed by atoms with Crippen molar-refractivity contribution in [3.63, 3.8) is 0 Å². The summed E-state index contributed by atoms with van der Waals surface area (Å²) < 4.78 is 13.1. The van der Waals surface area contributed by atoms with Crippen molar-refractivity contribution in [1.82, 2.24) is 15.0 Å². The van der Waals surface area contributed by atoms with Gasteiger partial charge in [0.05, 0.1) is 6.20 Å². The highest BCUT2D eigenvalue weighted by molar-refractivity contribution is 7.71. The fourth-order valence-corrected chi connectivity index (χ4v) is 1.19. The van der Waals surface area contributed by atoms with Crippen LogP contribution < -0.4 is 0 Å². The topological polar surface area (TPSA) is 41.6 Å². The molecule has 0 spiro atoms. The summed E-state index contributed by atoms with van der Waals surface area (Å²) >= 11 is 4.94. The van der Waals surface area contributed by atoms with Crippen LogP contribution in [-0.4, -0.2) is 15.0 Å². The number of H-pyrrole nitrogens is 1. The minimum absolute atomic E-state index is 0.385. The monoisotopic (exact) mass is 195 g/mol. The molecule has 3 nitrogen and oxygen atoms in total. The summed E-state index contributed by atoms with van der Waals surface area (Å²) in [6.07, 6.45) is 1.12. The maximum Gasteiger partial charge on any atom is 0.211 e. The van der Waals surface area contributed by atoms with E-state index < -0.39 is 5.95 Å². The molecule has 5 heteroatoms. The predicted molar refractivity (Wildman–Crippen MR) is 48.5 cm³/mol. The van der Waals surface area contributed by atoms with Gasteiger partial charge in [-0.2, -0.15) is 4.39 Å². The third kappa shape index (κ3) is 1.42. The van der Waals surface area contributed by atoms with E-state index in [0.717, 1.165) is 11.8 Å². The van der Waals surface area contributed by atoms with Crippen LogP contribution in [0.1, 0.15) is 5.56 Å². The molecule has 0 aromatic heterocycles. The van der Waals surface area contributed by atoms with Gasteiger partial charge in [0, 0.05) is 0 Å².